The maximum absolute atomic E-state index is 2.14. The summed E-state index contributed by atoms with van der Waals surface area (Å²) in [5, 5.41) is 2.10. The second-order valence-electron chi connectivity index (χ2n) is 0.925. The monoisotopic (exact) mass is 102 g/mol. The van der Waals surface area contributed by atoms with Crippen LogP contribution in [0.2, 0.25) is 0 Å². The number of hydrogen-bond donors (Lipinski definition) is 0. The fourth-order valence-electron chi connectivity index (χ4n) is 0.192. The van der Waals surface area contributed by atoms with Gasteiger partial charge in [0, 0.05) is 0 Å². The Hall–Kier alpha value is 0.0900. The second kappa shape index (κ2) is 5.09. The third kappa shape index (κ3) is 4.09. The molecule has 0 saturated carbocycles. The first-order valence-electron chi connectivity index (χ1n) is 2.14. The fourth-order valence-corrected chi connectivity index (χ4v) is 0.577. The van der Waals surface area contributed by atoms with Gasteiger partial charge in [0.2, 0.25) is 0 Å². The zero-order chi connectivity index (χ0) is 4.83. The van der Waals surface area contributed by atoms with Gasteiger partial charge in [-0.15, -0.1) is 11.8 Å². The van der Waals surface area contributed by atoms with Gasteiger partial charge in [-0.1, -0.05) is 13.0 Å². The summed E-state index contributed by atoms with van der Waals surface area (Å²) in [4.78, 5) is 0. The Morgan fingerprint density at radius 1 is 1.67 bits per heavy atom. The van der Waals surface area contributed by atoms with Crippen molar-refractivity contribution in [3.63, 3.8) is 0 Å². The van der Waals surface area contributed by atoms with Crippen molar-refractivity contribution in [1.29, 1.82) is 0 Å². The lowest BCUT2D eigenvalue weighted by molar-refractivity contribution is 1.53. The van der Waals surface area contributed by atoms with E-state index in [0.29, 0.717) is 0 Å². The molecule has 0 fully saturated rings. The molecule has 0 saturated heterocycles. The molecule has 0 rings (SSSR count). The van der Waals surface area contributed by atoms with Crippen LogP contribution in [0.4, 0.5) is 0 Å². The Bertz CT molecular complexity index is 39.2. The molecule has 1 heteroatoms. The highest BCUT2D eigenvalue weighted by atomic mass is 32.2. The van der Waals surface area contributed by atoms with Gasteiger partial charge in [-0.25, -0.2) is 0 Å². The van der Waals surface area contributed by atoms with Crippen molar-refractivity contribution < 1.29 is 0 Å². The van der Waals surface area contributed by atoms with Crippen LogP contribution >= 0.6 is 11.8 Å². The zero-order valence-electron chi connectivity index (χ0n) is 4.27. The molecule has 0 N–H and O–H groups in total. The SMILES string of the molecule is C/C=C/SCC. The van der Waals surface area contributed by atoms with Crippen LogP contribution in [0.15, 0.2) is 11.5 Å². The maximum Gasteiger partial charge on any atom is -0.00546 e. The molecule has 0 amide bonds. The molecule has 0 spiro atoms. The van der Waals surface area contributed by atoms with Gasteiger partial charge in [0.15, 0.2) is 0 Å². The molecule has 0 bridgehead atoms. The summed E-state index contributed by atoms with van der Waals surface area (Å²) >= 11 is 1.83. The lowest BCUT2D eigenvalue weighted by Gasteiger charge is -1.77. The molecular weight excluding hydrogens is 92.1 g/mol. The van der Waals surface area contributed by atoms with E-state index >= 15 is 0 Å². The molecule has 0 aliphatic heterocycles. The van der Waals surface area contributed by atoms with E-state index in [2.05, 4.69) is 12.3 Å². The van der Waals surface area contributed by atoms with Crippen molar-refractivity contribution in [2.45, 2.75) is 13.8 Å². The first-order chi connectivity index (χ1) is 2.91. The largest absolute Gasteiger partial charge is 0.135 e. The number of rotatable bonds is 2. The highest BCUT2D eigenvalue weighted by Gasteiger charge is 1.64. The van der Waals surface area contributed by atoms with E-state index < -0.39 is 0 Å². The van der Waals surface area contributed by atoms with Gasteiger partial charge in [0.1, 0.15) is 0 Å². The molecule has 0 aliphatic rings. The predicted molar refractivity (Wildman–Crippen MR) is 32.9 cm³/mol. The normalized spacial score (nSPS) is 10.3. The lowest BCUT2D eigenvalue weighted by Crippen LogP contribution is -1.53. The Morgan fingerprint density at radius 2 is 2.33 bits per heavy atom. The molecule has 0 aromatic carbocycles. The van der Waals surface area contributed by atoms with E-state index in [-0.39, 0.29) is 0 Å². The van der Waals surface area contributed by atoms with Gasteiger partial charge < -0.3 is 0 Å². The van der Waals surface area contributed by atoms with E-state index in [9.17, 15) is 0 Å². The van der Waals surface area contributed by atoms with Gasteiger partial charge in [-0.3, -0.25) is 0 Å². The lowest BCUT2D eigenvalue weighted by atomic mass is 10.8. The minimum absolute atomic E-state index is 1.18. The van der Waals surface area contributed by atoms with Crippen LogP contribution in [0.1, 0.15) is 13.8 Å². The van der Waals surface area contributed by atoms with Gasteiger partial charge >= 0.3 is 0 Å². The number of thioether (sulfide) groups is 1. The van der Waals surface area contributed by atoms with Crippen molar-refractivity contribution >= 4 is 11.8 Å². The molecule has 0 radical (unpaired) electrons. The maximum atomic E-state index is 2.14. The van der Waals surface area contributed by atoms with Gasteiger partial charge in [-0.2, -0.15) is 0 Å². The molecule has 6 heavy (non-hydrogen) atoms. The minimum Gasteiger partial charge on any atom is -0.135 e. The van der Waals surface area contributed by atoms with Crippen LogP contribution in [-0.2, 0) is 0 Å². The summed E-state index contributed by atoms with van der Waals surface area (Å²) in [6.45, 7) is 4.17. The molecule has 0 aliphatic carbocycles. The molecule has 36 valence electrons. The van der Waals surface area contributed by atoms with E-state index in [1.54, 1.807) is 0 Å². The second-order valence-corrected chi connectivity index (χ2v) is 2.11. The number of allylic oxidation sites excluding steroid dienone is 1. The van der Waals surface area contributed by atoms with Crippen LogP contribution in [0.5, 0.6) is 0 Å². The Morgan fingerprint density at radius 3 is 2.50 bits per heavy atom. The zero-order valence-corrected chi connectivity index (χ0v) is 5.09. The van der Waals surface area contributed by atoms with Crippen molar-refractivity contribution in [3.8, 4) is 0 Å². The quantitative estimate of drug-likeness (QED) is 0.515. The topological polar surface area (TPSA) is 0 Å². The Balaban J connectivity index is 2.66. The summed E-state index contributed by atoms with van der Waals surface area (Å²) < 4.78 is 0. The van der Waals surface area contributed by atoms with Crippen molar-refractivity contribution in [2.24, 2.45) is 0 Å². The van der Waals surface area contributed by atoms with E-state index in [4.69, 9.17) is 0 Å². The van der Waals surface area contributed by atoms with Crippen molar-refractivity contribution in [1.82, 2.24) is 0 Å². The summed E-state index contributed by atoms with van der Waals surface area (Å²) in [5.41, 5.74) is 0. The van der Waals surface area contributed by atoms with Crippen molar-refractivity contribution in [2.75, 3.05) is 5.75 Å². The molecule has 0 atom stereocenters. The van der Waals surface area contributed by atoms with Gasteiger partial charge in [0.05, 0.1) is 0 Å². The van der Waals surface area contributed by atoms with Crippen LogP contribution in [0.3, 0.4) is 0 Å². The summed E-state index contributed by atoms with van der Waals surface area (Å²) in [6, 6.07) is 0. The Kier molecular flexibility index (Phi) is 5.17. The van der Waals surface area contributed by atoms with Crippen LogP contribution in [-0.4, -0.2) is 5.75 Å². The van der Waals surface area contributed by atoms with Crippen LogP contribution in [0.25, 0.3) is 0 Å². The summed E-state index contributed by atoms with van der Waals surface area (Å²) in [5.74, 6) is 1.18. The molecule has 0 aromatic heterocycles. The molecule has 0 aromatic rings. The van der Waals surface area contributed by atoms with E-state index in [1.165, 1.54) is 5.75 Å². The smallest absolute Gasteiger partial charge is 0.00546 e. The van der Waals surface area contributed by atoms with Gasteiger partial charge in [-0.05, 0) is 18.1 Å². The van der Waals surface area contributed by atoms with Crippen LogP contribution < -0.4 is 0 Å². The number of hydrogen-bond acceptors (Lipinski definition) is 1. The summed E-state index contributed by atoms with van der Waals surface area (Å²) in [7, 11) is 0. The van der Waals surface area contributed by atoms with E-state index in [0.717, 1.165) is 0 Å². The first-order valence-corrected chi connectivity index (χ1v) is 3.19. The average Bonchev–Trinajstić information content (AvgIpc) is 1.61. The first kappa shape index (κ1) is 6.09. The molecule has 0 unspecified atom stereocenters. The molecule has 0 heterocycles. The fraction of sp³-hybridized carbons (Fsp3) is 0.600. The predicted octanol–water partition coefficient (Wildman–Crippen LogP) is 2.27. The van der Waals surface area contributed by atoms with Gasteiger partial charge in [0.25, 0.3) is 0 Å². The average molecular weight is 102 g/mol. The molecule has 0 nitrogen and oxygen atoms in total. The van der Waals surface area contributed by atoms with E-state index in [1.807, 2.05) is 24.8 Å². The highest BCUT2D eigenvalue weighted by Crippen LogP contribution is 1.97. The molecular formula is C5H10S. The Labute approximate surface area is 43.6 Å². The third-order valence-corrected chi connectivity index (χ3v) is 1.20. The standard InChI is InChI=1S/C5H10S/c1-3-5-6-4-2/h3,5H,4H2,1-2H3/b5-3+. The summed E-state index contributed by atoms with van der Waals surface area (Å²) in [6.07, 6.45) is 2.05. The highest BCUT2D eigenvalue weighted by molar-refractivity contribution is 8.02. The van der Waals surface area contributed by atoms with Crippen molar-refractivity contribution in [3.05, 3.63) is 11.5 Å². The third-order valence-electron chi connectivity index (χ3n) is 0.399. The minimum atomic E-state index is 1.18. The van der Waals surface area contributed by atoms with Crippen LogP contribution in [0, 0.1) is 0 Å².